The number of halogens is 2. The molecule has 0 amide bonds. The molecular weight excluding hydrogens is 251 g/mol. The highest BCUT2D eigenvalue weighted by molar-refractivity contribution is 8.00. The maximum atomic E-state index is 6.20. The predicted molar refractivity (Wildman–Crippen MR) is 68.1 cm³/mol. The van der Waals surface area contributed by atoms with E-state index in [1.165, 1.54) is 5.56 Å². The molecule has 2 N–H and O–H groups in total. The van der Waals surface area contributed by atoms with E-state index < -0.39 is 0 Å². The summed E-state index contributed by atoms with van der Waals surface area (Å²) in [6, 6.07) is 2.01. The number of aromatic amines is 1. The highest BCUT2D eigenvalue weighted by atomic mass is 35.5. The van der Waals surface area contributed by atoms with Gasteiger partial charge in [0.2, 0.25) is 0 Å². The van der Waals surface area contributed by atoms with Crippen molar-refractivity contribution in [2.45, 2.75) is 6.42 Å². The first-order valence-electron chi connectivity index (χ1n) is 4.63. The Bertz CT molecular complexity index is 536. The van der Waals surface area contributed by atoms with Crippen LogP contribution in [-0.4, -0.2) is 10.7 Å². The summed E-state index contributed by atoms with van der Waals surface area (Å²) in [6.45, 7) is 0. The van der Waals surface area contributed by atoms with Crippen LogP contribution in [0.4, 0.5) is 5.69 Å². The maximum absolute atomic E-state index is 6.20. The van der Waals surface area contributed by atoms with Crippen LogP contribution in [0.3, 0.4) is 0 Å². The summed E-state index contributed by atoms with van der Waals surface area (Å²) in [4.78, 5) is 3.16. The second-order valence-electron chi connectivity index (χ2n) is 3.48. The van der Waals surface area contributed by atoms with Crippen molar-refractivity contribution in [1.82, 2.24) is 4.98 Å². The monoisotopic (exact) mass is 258 g/mol. The lowest BCUT2D eigenvalue weighted by molar-refractivity contribution is 1.15. The molecule has 0 radical (unpaired) electrons. The number of nitrogens with one attached hydrogen (secondary N) is 2. The van der Waals surface area contributed by atoms with Gasteiger partial charge >= 0.3 is 0 Å². The lowest BCUT2D eigenvalue weighted by Gasteiger charge is -2.18. The molecule has 0 unspecified atom stereocenters. The summed E-state index contributed by atoms with van der Waals surface area (Å²) in [5, 5.41) is 2.31. The van der Waals surface area contributed by atoms with E-state index in [4.69, 9.17) is 23.2 Å². The van der Waals surface area contributed by atoms with Gasteiger partial charge in [0.1, 0.15) is 0 Å². The fourth-order valence-corrected chi connectivity index (χ4v) is 3.31. The molecule has 1 aliphatic heterocycles. The summed E-state index contributed by atoms with van der Waals surface area (Å²) < 4.78 is 3.31. The predicted octanol–water partition coefficient (Wildman–Crippen LogP) is 4.09. The molecule has 0 fully saturated rings. The number of fused-ring (bicyclic) bond motifs is 3. The van der Waals surface area contributed by atoms with Gasteiger partial charge in [-0.15, -0.1) is 0 Å². The molecule has 0 saturated heterocycles. The molecule has 2 heterocycles. The molecule has 0 saturated carbocycles. The number of aryl methyl sites for hydroxylation is 1. The number of hydrogen-bond acceptors (Lipinski definition) is 2. The van der Waals surface area contributed by atoms with Crippen LogP contribution in [0.15, 0.2) is 12.3 Å². The molecule has 78 valence electrons. The van der Waals surface area contributed by atoms with Gasteiger partial charge in [0.05, 0.1) is 21.2 Å². The lowest BCUT2D eigenvalue weighted by atomic mass is 10.1. The van der Waals surface area contributed by atoms with Gasteiger partial charge in [0.25, 0.3) is 0 Å². The first-order valence-corrected chi connectivity index (χ1v) is 6.37. The number of H-pyrrole nitrogens is 1. The van der Waals surface area contributed by atoms with Crippen LogP contribution in [0.2, 0.25) is 10.0 Å². The number of anilines is 1. The largest absolute Gasteiger partial charge is 0.358 e. The molecule has 5 heteroatoms. The molecular formula is C10H8Cl2N2S. The average Bonchev–Trinajstić information content (AvgIpc) is 2.62. The first kappa shape index (κ1) is 9.70. The molecule has 0 spiro atoms. The Morgan fingerprint density at radius 3 is 3.00 bits per heavy atom. The van der Waals surface area contributed by atoms with Crippen molar-refractivity contribution in [1.29, 1.82) is 0 Å². The Labute approximate surface area is 101 Å². The molecule has 1 aromatic carbocycles. The van der Waals surface area contributed by atoms with Crippen LogP contribution < -0.4 is 4.72 Å². The minimum Gasteiger partial charge on any atom is -0.358 e. The van der Waals surface area contributed by atoms with E-state index >= 15 is 0 Å². The molecule has 1 aromatic heterocycles. The van der Waals surface area contributed by atoms with E-state index in [2.05, 4.69) is 9.71 Å². The Morgan fingerprint density at radius 1 is 1.27 bits per heavy atom. The molecule has 0 aliphatic carbocycles. The minimum absolute atomic E-state index is 0.676. The molecule has 0 atom stereocenters. The highest BCUT2D eigenvalue weighted by Crippen LogP contribution is 2.40. The Hall–Kier alpha value is -0.510. The third-order valence-electron chi connectivity index (χ3n) is 2.59. The Balaban J connectivity index is 2.40. The van der Waals surface area contributed by atoms with Crippen molar-refractivity contribution in [3.8, 4) is 0 Å². The SMILES string of the molecule is Clc1c[nH]c2c3c(cc(Cl)c12)CCSN3. The number of hydrogen-bond donors (Lipinski definition) is 2. The quantitative estimate of drug-likeness (QED) is 0.697. The third kappa shape index (κ3) is 1.41. The fraction of sp³-hybridized carbons (Fsp3) is 0.200. The molecule has 15 heavy (non-hydrogen) atoms. The van der Waals surface area contributed by atoms with Gasteiger partial charge in [-0.25, -0.2) is 0 Å². The summed E-state index contributed by atoms with van der Waals surface area (Å²) >= 11 is 14.0. The molecule has 0 bridgehead atoms. The second kappa shape index (κ2) is 3.51. The van der Waals surface area contributed by atoms with E-state index in [9.17, 15) is 0 Å². The van der Waals surface area contributed by atoms with Gasteiger partial charge < -0.3 is 9.71 Å². The minimum atomic E-state index is 0.676. The average molecular weight is 259 g/mol. The standard InChI is InChI=1S/C10H8Cl2N2S/c11-6-3-5-1-2-15-14-9(5)10-8(6)7(12)4-13-10/h3-4,13-14H,1-2H2. The normalized spacial score (nSPS) is 15.1. The van der Waals surface area contributed by atoms with Crippen molar-refractivity contribution in [2.24, 2.45) is 0 Å². The van der Waals surface area contributed by atoms with E-state index in [1.54, 1.807) is 18.1 Å². The van der Waals surface area contributed by atoms with Crippen LogP contribution in [0.25, 0.3) is 10.9 Å². The van der Waals surface area contributed by atoms with Gasteiger partial charge in [-0.3, -0.25) is 0 Å². The second-order valence-corrected chi connectivity index (χ2v) is 5.20. The first-order chi connectivity index (χ1) is 7.27. The third-order valence-corrected chi connectivity index (χ3v) is 3.94. The zero-order valence-corrected chi connectivity index (χ0v) is 10.1. The number of benzene rings is 1. The maximum Gasteiger partial charge on any atom is 0.0731 e. The van der Waals surface area contributed by atoms with Crippen molar-refractivity contribution >= 4 is 51.7 Å². The summed E-state index contributed by atoms with van der Waals surface area (Å²) in [6.07, 6.45) is 2.82. The van der Waals surface area contributed by atoms with Gasteiger partial charge in [0, 0.05) is 17.3 Å². The van der Waals surface area contributed by atoms with Crippen molar-refractivity contribution in [3.05, 3.63) is 27.9 Å². The van der Waals surface area contributed by atoms with E-state index in [1.807, 2.05) is 6.07 Å². The number of aromatic nitrogens is 1. The Kier molecular flexibility index (Phi) is 2.27. The van der Waals surface area contributed by atoms with Crippen molar-refractivity contribution in [2.75, 3.05) is 10.5 Å². The molecule has 2 nitrogen and oxygen atoms in total. The zero-order valence-electron chi connectivity index (χ0n) is 7.73. The van der Waals surface area contributed by atoms with Gasteiger partial charge in [-0.2, -0.15) is 0 Å². The van der Waals surface area contributed by atoms with Crippen LogP contribution in [-0.2, 0) is 6.42 Å². The summed E-state index contributed by atoms with van der Waals surface area (Å²) in [5.74, 6) is 1.07. The van der Waals surface area contributed by atoms with Crippen molar-refractivity contribution < 1.29 is 0 Å². The van der Waals surface area contributed by atoms with Crippen LogP contribution in [0.1, 0.15) is 5.56 Å². The van der Waals surface area contributed by atoms with Crippen LogP contribution >= 0.6 is 35.1 Å². The van der Waals surface area contributed by atoms with Gasteiger partial charge in [-0.1, -0.05) is 35.1 Å². The Morgan fingerprint density at radius 2 is 2.13 bits per heavy atom. The summed E-state index contributed by atoms with van der Waals surface area (Å²) in [5.41, 5.74) is 3.39. The summed E-state index contributed by atoms with van der Waals surface area (Å²) in [7, 11) is 0. The topological polar surface area (TPSA) is 27.8 Å². The fourth-order valence-electron chi connectivity index (χ4n) is 1.89. The van der Waals surface area contributed by atoms with Gasteiger partial charge in [0.15, 0.2) is 0 Å². The van der Waals surface area contributed by atoms with Gasteiger partial charge in [-0.05, 0) is 18.1 Å². The van der Waals surface area contributed by atoms with E-state index in [0.29, 0.717) is 5.02 Å². The molecule has 3 rings (SSSR count). The number of rotatable bonds is 0. The zero-order chi connectivity index (χ0) is 10.4. The molecule has 1 aliphatic rings. The van der Waals surface area contributed by atoms with E-state index in [0.717, 1.165) is 33.8 Å². The van der Waals surface area contributed by atoms with E-state index in [-0.39, 0.29) is 0 Å². The highest BCUT2D eigenvalue weighted by Gasteiger charge is 2.17. The van der Waals surface area contributed by atoms with Crippen LogP contribution in [0, 0.1) is 0 Å². The smallest absolute Gasteiger partial charge is 0.0731 e. The molecule has 2 aromatic rings. The van der Waals surface area contributed by atoms with Crippen LogP contribution in [0.5, 0.6) is 0 Å². The van der Waals surface area contributed by atoms with Crippen molar-refractivity contribution in [3.63, 3.8) is 0 Å². The lowest BCUT2D eigenvalue weighted by Crippen LogP contribution is -2.05.